The number of anilines is 1. The highest BCUT2D eigenvalue weighted by atomic mass is 16.5. The van der Waals surface area contributed by atoms with Crippen molar-refractivity contribution < 1.29 is 18.7 Å². The van der Waals surface area contributed by atoms with Gasteiger partial charge in [0.15, 0.2) is 5.76 Å². The van der Waals surface area contributed by atoms with E-state index in [0.29, 0.717) is 31.0 Å². The first-order valence-electron chi connectivity index (χ1n) is 7.82. The predicted molar refractivity (Wildman–Crippen MR) is 89.0 cm³/mol. The first-order valence-corrected chi connectivity index (χ1v) is 7.82. The summed E-state index contributed by atoms with van der Waals surface area (Å²) in [6.07, 6.45) is 1.45. The average Bonchev–Trinajstić information content (AvgIpc) is 3.09. The van der Waals surface area contributed by atoms with E-state index in [0.717, 1.165) is 0 Å². The van der Waals surface area contributed by atoms with Crippen LogP contribution < -0.4 is 5.32 Å². The number of hydrogen-bond acceptors (Lipinski definition) is 4. The minimum atomic E-state index is -0.332. The highest BCUT2D eigenvalue weighted by Gasteiger charge is 2.34. The summed E-state index contributed by atoms with van der Waals surface area (Å²) in [5, 5.41) is 2.73. The molecule has 1 fully saturated rings. The van der Waals surface area contributed by atoms with Crippen LogP contribution in [-0.2, 0) is 4.74 Å². The summed E-state index contributed by atoms with van der Waals surface area (Å²) in [5.41, 5.74) is 0.858. The Morgan fingerprint density at radius 1 is 1.17 bits per heavy atom. The summed E-state index contributed by atoms with van der Waals surface area (Å²) in [7, 11) is 0. The summed E-state index contributed by atoms with van der Waals surface area (Å²) in [6.45, 7) is 5.62. The van der Waals surface area contributed by atoms with Gasteiger partial charge in [0.1, 0.15) is 0 Å². The van der Waals surface area contributed by atoms with Crippen LogP contribution in [0.1, 0.15) is 34.8 Å². The molecule has 126 valence electrons. The van der Waals surface area contributed by atoms with Crippen LogP contribution in [0.25, 0.3) is 0 Å². The number of nitrogens with zero attached hydrogens (tertiary/aromatic N) is 1. The zero-order valence-electron chi connectivity index (χ0n) is 13.7. The van der Waals surface area contributed by atoms with E-state index in [1.54, 1.807) is 36.4 Å². The van der Waals surface area contributed by atoms with E-state index < -0.39 is 0 Å². The molecular formula is C18H20N2O4. The highest BCUT2D eigenvalue weighted by molar-refractivity contribution is 6.02. The van der Waals surface area contributed by atoms with Gasteiger partial charge in [0.25, 0.3) is 11.8 Å². The lowest BCUT2D eigenvalue weighted by atomic mass is 10.0. The Bertz CT molecular complexity index is 720. The molecule has 3 rings (SSSR count). The molecule has 1 aliphatic heterocycles. The van der Waals surface area contributed by atoms with Gasteiger partial charge in [-0.25, -0.2) is 0 Å². The van der Waals surface area contributed by atoms with E-state index in [1.807, 2.05) is 18.7 Å². The van der Waals surface area contributed by atoms with Crippen LogP contribution in [0.2, 0.25) is 0 Å². The molecule has 0 spiro atoms. The Labute approximate surface area is 140 Å². The smallest absolute Gasteiger partial charge is 0.291 e. The summed E-state index contributed by atoms with van der Waals surface area (Å²) < 4.78 is 10.5. The number of ether oxygens (including phenoxy) is 1. The van der Waals surface area contributed by atoms with Crippen molar-refractivity contribution >= 4 is 17.5 Å². The monoisotopic (exact) mass is 328 g/mol. The van der Waals surface area contributed by atoms with Crippen molar-refractivity contribution in [3.05, 3.63) is 54.0 Å². The molecule has 0 aliphatic carbocycles. The minimum absolute atomic E-state index is 0.0350. The fourth-order valence-electron chi connectivity index (χ4n) is 2.69. The molecule has 24 heavy (non-hydrogen) atoms. The molecule has 6 nitrogen and oxygen atoms in total. The summed E-state index contributed by atoms with van der Waals surface area (Å²) in [4.78, 5) is 26.5. The fourth-order valence-corrected chi connectivity index (χ4v) is 2.69. The second-order valence-electron chi connectivity index (χ2n) is 6.33. The quantitative estimate of drug-likeness (QED) is 0.940. The van der Waals surface area contributed by atoms with E-state index in [-0.39, 0.29) is 23.1 Å². The van der Waals surface area contributed by atoms with Crippen molar-refractivity contribution in [1.82, 2.24) is 4.90 Å². The third-order valence-corrected chi connectivity index (χ3v) is 4.03. The number of morpholine rings is 1. The number of furan rings is 1. The summed E-state index contributed by atoms with van der Waals surface area (Å²) in [5.74, 6) is -0.120. The van der Waals surface area contributed by atoms with E-state index in [1.165, 1.54) is 6.26 Å². The topological polar surface area (TPSA) is 71.8 Å². The zero-order valence-corrected chi connectivity index (χ0v) is 13.7. The van der Waals surface area contributed by atoms with Crippen LogP contribution in [0.3, 0.4) is 0 Å². The second-order valence-corrected chi connectivity index (χ2v) is 6.33. The molecule has 0 saturated carbocycles. The molecular weight excluding hydrogens is 308 g/mol. The molecule has 0 unspecified atom stereocenters. The molecule has 1 aromatic heterocycles. The molecule has 2 heterocycles. The van der Waals surface area contributed by atoms with Gasteiger partial charge < -0.3 is 19.4 Å². The van der Waals surface area contributed by atoms with Gasteiger partial charge in [-0.15, -0.1) is 0 Å². The fraction of sp³-hybridized carbons (Fsp3) is 0.333. The van der Waals surface area contributed by atoms with Crippen LogP contribution in [0.5, 0.6) is 0 Å². The Morgan fingerprint density at radius 2 is 1.92 bits per heavy atom. The van der Waals surface area contributed by atoms with Crippen LogP contribution >= 0.6 is 0 Å². The highest BCUT2D eigenvalue weighted by Crippen LogP contribution is 2.22. The minimum Gasteiger partial charge on any atom is -0.459 e. The van der Waals surface area contributed by atoms with E-state index in [2.05, 4.69) is 5.32 Å². The van der Waals surface area contributed by atoms with Crippen molar-refractivity contribution in [2.45, 2.75) is 19.4 Å². The number of carbonyl (C=O) groups excluding carboxylic acids is 2. The Hall–Kier alpha value is -2.60. The van der Waals surface area contributed by atoms with Gasteiger partial charge in [0, 0.05) is 17.8 Å². The molecule has 0 atom stereocenters. The van der Waals surface area contributed by atoms with Crippen molar-refractivity contribution in [3.63, 3.8) is 0 Å². The van der Waals surface area contributed by atoms with Crippen LogP contribution in [0.4, 0.5) is 5.69 Å². The van der Waals surface area contributed by atoms with Crippen molar-refractivity contribution in [2.24, 2.45) is 0 Å². The number of nitrogens with one attached hydrogen (secondary N) is 1. The van der Waals surface area contributed by atoms with Crippen molar-refractivity contribution in [2.75, 3.05) is 25.1 Å². The maximum Gasteiger partial charge on any atom is 0.291 e. The molecule has 1 aliphatic rings. The average molecular weight is 328 g/mol. The maximum atomic E-state index is 12.7. The normalized spacial score (nSPS) is 16.7. The SMILES string of the molecule is CC1(C)COCCN1C(=O)c1ccc(NC(=O)c2ccco2)cc1. The number of amides is 2. The Morgan fingerprint density at radius 3 is 2.54 bits per heavy atom. The number of carbonyl (C=O) groups is 2. The van der Waals surface area contributed by atoms with Crippen molar-refractivity contribution in [3.8, 4) is 0 Å². The molecule has 1 N–H and O–H groups in total. The third-order valence-electron chi connectivity index (χ3n) is 4.03. The molecule has 1 saturated heterocycles. The molecule has 1 aromatic carbocycles. The number of benzene rings is 1. The predicted octanol–water partition coefficient (Wildman–Crippen LogP) is 2.78. The zero-order chi connectivity index (χ0) is 17.2. The van der Waals surface area contributed by atoms with Gasteiger partial charge in [-0.3, -0.25) is 9.59 Å². The summed E-state index contributed by atoms with van der Waals surface area (Å²) >= 11 is 0. The van der Waals surface area contributed by atoms with Crippen LogP contribution in [-0.4, -0.2) is 42.0 Å². The number of rotatable bonds is 3. The van der Waals surface area contributed by atoms with E-state index in [9.17, 15) is 9.59 Å². The van der Waals surface area contributed by atoms with Gasteiger partial charge in [0.05, 0.1) is 25.0 Å². The van der Waals surface area contributed by atoms with Gasteiger partial charge in [0.2, 0.25) is 0 Å². The molecule has 0 radical (unpaired) electrons. The Kier molecular flexibility index (Phi) is 4.40. The van der Waals surface area contributed by atoms with E-state index in [4.69, 9.17) is 9.15 Å². The van der Waals surface area contributed by atoms with Gasteiger partial charge in [-0.05, 0) is 50.2 Å². The van der Waals surface area contributed by atoms with E-state index >= 15 is 0 Å². The Balaban J connectivity index is 1.70. The van der Waals surface area contributed by atoms with Crippen molar-refractivity contribution in [1.29, 1.82) is 0 Å². The standard InChI is InChI=1S/C18H20N2O4/c1-18(2)12-23-11-9-20(18)17(22)13-5-7-14(8-6-13)19-16(21)15-4-3-10-24-15/h3-8,10H,9,11-12H2,1-2H3,(H,19,21). The molecule has 2 amide bonds. The van der Waals surface area contributed by atoms with Crippen LogP contribution in [0, 0.1) is 0 Å². The molecule has 6 heteroatoms. The lowest BCUT2D eigenvalue weighted by Gasteiger charge is -2.42. The molecule has 2 aromatic rings. The van der Waals surface area contributed by atoms with Gasteiger partial charge in [-0.2, -0.15) is 0 Å². The first kappa shape index (κ1) is 16.3. The lowest BCUT2D eigenvalue weighted by molar-refractivity contribution is -0.0370. The lowest BCUT2D eigenvalue weighted by Crippen LogP contribution is -2.55. The number of hydrogen-bond donors (Lipinski definition) is 1. The first-order chi connectivity index (χ1) is 11.5. The van der Waals surface area contributed by atoms with Gasteiger partial charge >= 0.3 is 0 Å². The van der Waals surface area contributed by atoms with Crippen LogP contribution in [0.15, 0.2) is 47.1 Å². The second kappa shape index (κ2) is 6.49. The third kappa shape index (κ3) is 3.33. The summed E-state index contributed by atoms with van der Waals surface area (Å²) in [6, 6.07) is 10.1. The molecule has 0 bridgehead atoms. The maximum absolute atomic E-state index is 12.7. The van der Waals surface area contributed by atoms with Gasteiger partial charge in [-0.1, -0.05) is 0 Å². The largest absolute Gasteiger partial charge is 0.459 e.